The minimum absolute atomic E-state index is 0.000169. The standard InChI is InChI=1S/C25H29F3N2O/c1-17(20-8-9-22-15-29-12-11-21(22)14-20)30-31-16-18-7-10-23(19-5-3-2-4-6-19)24(13-18)25(26,27)28/h7-10,13-14,19,29H,2-6,11-12,15-16H2,1H3. The van der Waals surface area contributed by atoms with Crippen LogP contribution in [0.25, 0.3) is 0 Å². The second-order valence-corrected chi connectivity index (χ2v) is 8.61. The molecule has 0 saturated heterocycles. The molecule has 2 aliphatic rings. The summed E-state index contributed by atoms with van der Waals surface area (Å²) in [7, 11) is 0. The fraction of sp³-hybridized carbons (Fsp3) is 0.480. The Balaban J connectivity index is 1.46. The number of rotatable bonds is 5. The van der Waals surface area contributed by atoms with E-state index in [9.17, 15) is 13.2 Å². The first kappa shape index (κ1) is 21.9. The third kappa shape index (κ3) is 5.29. The zero-order valence-corrected chi connectivity index (χ0v) is 17.9. The van der Waals surface area contributed by atoms with Crippen LogP contribution < -0.4 is 5.32 Å². The summed E-state index contributed by atoms with van der Waals surface area (Å²) < 4.78 is 41.2. The number of hydrogen-bond acceptors (Lipinski definition) is 3. The second kappa shape index (κ2) is 9.43. The van der Waals surface area contributed by atoms with Gasteiger partial charge in [-0.25, -0.2) is 0 Å². The normalized spacial score (nSPS) is 18.0. The Bertz CT molecular complexity index is 946. The van der Waals surface area contributed by atoms with Crippen LogP contribution in [0.3, 0.4) is 0 Å². The SMILES string of the molecule is CC(=NOCc1ccc(C2CCCCC2)c(C(F)(F)F)c1)c1ccc2c(c1)CCNC2. The van der Waals surface area contributed by atoms with Gasteiger partial charge in [0, 0.05) is 6.54 Å². The molecule has 31 heavy (non-hydrogen) atoms. The summed E-state index contributed by atoms with van der Waals surface area (Å²) in [4.78, 5) is 5.44. The fourth-order valence-corrected chi connectivity index (χ4v) is 4.67. The van der Waals surface area contributed by atoms with Crippen LogP contribution in [0.1, 0.15) is 78.3 Å². The van der Waals surface area contributed by atoms with E-state index in [4.69, 9.17) is 4.84 Å². The van der Waals surface area contributed by atoms with Crippen LogP contribution in [0.2, 0.25) is 0 Å². The van der Waals surface area contributed by atoms with E-state index in [1.165, 1.54) is 17.2 Å². The van der Waals surface area contributed by atoms with Gasteiger partial charge in [0.2, 0.25) is 0 Å². The lowest BCUT2D eigenvalue weighted by Gasteiger charge is -2.25. The minimum atomic E-state index is -4.36. The van der Waals surface area contributed by atoms with E-state index >= 15 is 0 Å². The Labute approximate surface area is 181 Å². The molecule has 0 radical (unpaired) electrons. The van der Waals surface area contributed by atoms with E-state index in [1.807, 2.05) is 13.0 Å². The van der Waals surface area contributed by atoms with Gasteiger partial charge in [0.1, 0.15) is 6.61 Å². The molecule has 1 fully saturated rings. The molecule has 2 aromatic carbocycles. The van der Waals surface area contributed by atoms with Gasteiger partial charge in [-0.1, -0.05) is 48.7 Å². The van der Waals surface area contributed by atoms with Gasteiger partial charge in [-0.05, 0) is 78.6 Å². The van der Waals surface area contributed by atoms with Gasteiger partial charge < -0.3 is 10.2 Å². The Morgan fingerprint density at radius 3 is 2.65 bits per heavy atom. The van der Waals surface area contributed by atoms with Gasteiger partial charge in [-0.2, -0.15) is 13.2 Å². The molecule has 0 amide bonds. The minimum Gasteiger partial charge on any atom is -0.391 e. The van der Waals surface area contributed by atoms with E-state index in [0.29, 0.717) is 11.1 Å². The van der Waals surface area contributed by atoms with E-state index in [2.05, 4.69) is 22.6 Å². The molecule has 3 nitrogen and oxygen atoms in total. The molecule has 1 saturated carbocycles. The first-order chi connectivity index (χ1) is 14.9. The van der Waals surface area contributed by atoms with E-state index < -0.39 is 11.7 Å². The highest BCUT2D eigenvalue weighted by Gasteiger charge is 2.35. The molecule has 4 rings (SSSR count). The summed E-state index contributed by atoms with van der Waals surface area (Å²) in [6.07, 6.45) is 1.39. The number of halogens is 3. The molecule has 0 atom stereocenters. The molecule has 0 unspecified atom stereocenters. The van der Waals surface area contributed by atoms with E-state index in [-0.39, 0.29) is 12.5 Å². The lowest BCUT2D eigenvalue weighted by atomic mass is 9.81. The predicted octanol–water partition coefficient (Wildman–Crippen LogP) is 6.34. The summed E-state index contributed by atoms with van der Waals surface area (Å²) in [5.74, 6) is -0.000169. The van der Waals surface area contributed by atoms with Gasteiger partial charge in [0.05, 0.1) is 11.3 Å². The highest BCUT2D eigenvalue weighted by Crippen LogP contribution is 2.41. The molecule has 1 N–H and O–H groups in total. The van der Waals surface area contributed by atoms with Crippen LogP contribution >= 0.6 is 0 Å². The topological polar surface area (TPSA) is 33.6 Å². The summed E-state index contributed by atoms with van der Waals surface area (Å²) in [5, 5.41) is 7.51. The first-order valence-electron chi connectivity index (χ1n) is 11.1. The van der Waals surface area contributed by atoms with Crippen molar-refractivity contribution in [3.8, 4) is 0 Å². The number of nitrogens with one attached hydrogen (secondary N) is 1. The molecule has 166 valence electrons. The van der Waals surface area contributed by atoms with Crippen molar-refractivity contribution in [2.24, 2.45) is 5.16 Å². The molecule has 1 aliphatic carbocycles. The van der Waals surface area contributed by atoms with Crippen molar-refractivity contribution in [1.82, 2.24) is 5.32 Å². The predicted molar refractivity (Wildman–Crippen MR) is 116 cm³/mol. The van der Waals surface area contributed by atoms with Gasteiger partial charge >= 0.3 is 6.18 Å². The number of fused-ring (bicyclic) bond motifs is 1. The molecule has 1 aliphatic heterocycles. The van der Waals surface area contributed by atoms with Crippen molar-refractivity contribution < 1.29 is 18.0 Å². The second-order valence-electron chi connectivity index (χ2n) is 8.61. The zero-order valence-electron chi connectivity index (χ0n) is 17.9. The molecule has 0 aromatic heterocycles. The third-order valence-electron chi connectivity index (χ3n) is 6.41. The molecular formula is C25H29F3N2O. The molecule has 0 bridgehead atoms. The smallest absolute Gasteiger partial charge is 0.391 e. The Hall–Kier alpha value is -2.34. The van der Waals surface area contributed by atoms with Crippen LogP contribution in [0.15, 0.2) is 41.6 Å². The molecule has 1 heterocycles. The highest BCUT2D eigenvalue weighted by molar-refractivity contribution is 5.98. The maximum Gasteiger partial charge on any atom is 0.416 e. The van der Waals surface area contributed by atoms with Gasteiger partial charge in [0.15, 0.2) is 0 Å². The van der Waals surface area contributed by atoms with Crippen molar-refractivity contribution in [3.63, 3.8) is 0 Å². The lowest BCUT2D eigenvalue weighted by Crippen LogP contribution is -2.23. The highest BCUT2D eigenvalue weighted by atomic mass is 19.4. The van der Waals surface area contributed by atoms with E-state index in [1.54, 1.807) is 12.1 Å². The average molecular weight is 431 g/mol. The first-order valence-corrected chi connectivity index (χ1v) is 11.1. The maximum atomic E-state index is 13.7. The average Bonchev–Trinajstić information content (AvgIpc) is 2.78. The lowest BCUT2D eigenvalue weighted by molar-refractivity contribution is -0.138. The fourth-order valence-electron chi connectivity index (χ4n) is 4.67. The van der Waals surface area contributed by atoms with Crippen molar-refractivity contribution in [2.45, 2.75) is 70.7 Å². The van der Waals surface area contributed by atoms with Crippen LogP contribution in [-0.2, 0) is 30.6 Å². The summed E-state index contributed by atoms with van der Waals surface area (Å²) in [6.45, 7) is 3.71. The monoisotopic (exact) mass is 430 g/mol. The van der Waals surface area contributed by atoms with Gasteiger partial charge in [-0.15, -0.1) is 0 Å². The third-order valence-corrected chi connectivity index (χ3v) is 6.41. The van der Waals surface area contributed by atoms with Crippen molar-refractivity contribution in [3.05, 3.63) is 69.8 Å². The zero-order chi connectivity index (χ0) is 21.8. The van der Waals surface area contributed by atoms with Crippen molar-refractivity contribution in [1.29, 1.82) is 0 Å². The van der Waals surface area contributed by atoms with Gasteiger partial charge in [-0.3, -0.25) is 0 Å². The van der Waals surface area contributed by atoms with Crippen LogP contribution in [-0.4, -0.2) is 12.3 Å². The Morgan fingerprint density at radius 1 is 1.06 bits per heavy atom. The van der Waals surface area contributed by atoms with Crippen LogP contribution in [0.4, 0.5) is 13.2 Å². The summed E-state index contributed by atoms with van der Waals surface area (Å²) in [6, 6.07) is 10.9. The van der Waals surface area contributed by atoms with E-state index in [0.717, 1.165) is 62.9 Å². The van der Waals surface area contributed by atoms with Crippen molar-refractivity contribution >= 4 is 5.71 Å². The van der Waals surface area contributed by atoms with Gasteiger partial charge in [0.25, 0.3) is 0 Å². The molecule has 2 aromatic rings. The maximum absolute atomic E-state index is 13.7. The molecule has 0 spiro atoms. The summed E-state index contributed by atoms with van der Waals surface area (Å²) in [5.41, 5.74) is 4.68. The number of nitrogens with zero attached hydrogens (tertiary/aromatic N) is 1. The largest absolute Gasteiger partial charge is 0.416 e. The molecular weight excluding hydrogens is 401 g/mol. The number of alkyl halides is 3. The number of hydrogen-bond donors (Lipinski definition) is 1. The van der Waals surface area contributed by atoms with Crippen LogP contribution in [0, 0.1) is 0 Å². The Kier molecular flexibility index (Phi) is 6.65. The number of oxime groups is 1. The van der Waals surface area contributed by atoms with Crippen LogP contribution in [0.5, 0.6) is 0 Å². The number of benzene rings is 2. The quantitative estimate of drug-likeness (QED) is 0.444. The molecule has 6 heteroatoms. The van der Waals surface area contributed by atoms with Crippen molar-refractivity contribution in [2.75, 3.05) is 6.54 Å². The Morgan fingerprint density at radius 2 is 1.87 bits per heavy atom. The summed E-state index contributed by atoms with van der Waals surface area (Å²) >= 11 is 0.